The van der Waals surface area contributed by atoms with Gasteiger partial charge in [-0.05, 0) is 31.2 Å². The summed E-state index contributed by atoms with van der Waals surface area (Å²) in [5.41, 5.74) is 0.330. The summed E-state index contributed by atoms with van der Waals surface area (Å²) in [6, 6.07) is 8.68. The largest absolute Gasteiger partial charge is 0.489 e. The van der Waals surface area contributed by atoms with Crippen LogP contribution in [-0.4, -0.2) is 22.6 Å². The number of aromatic nitrogens is 2. The van der Waals surface area contributed by atoms with Crippen molar-refractivity contribution in [3.05, 3.63) is 65.1 Å². The molecule has 0 fully saturated rings. The molecule has 0 saturated heterocycles. The second-order valence-corrected chi connectivity index (χ2v) is 5.74. The Kier molecular flexibility index (Phi) is 5.44. The Morgan fingerprint density at radius 1 is 1.22 bits per heavy atom. The van der Waals surface area contributed by atoms with E-state index in [0.29, 0.717) is 29.6 Å². The molecule has 6 nitrogen and oxygen atoms in total. The molecule has 0 unspecified atom stereocenters. The van der Waals surface area contributed by atoms with Crippen molar-refractivity contribution in [3.63, 3.8) is 0 Å². The highest BCUT2D eigenvalue weighted by Crippen LogP contribution is 2.23. The molecule has 0 aliphatic carbocycles. The highest BCUT2D eigenvalue weighted by Gasteiger charge is 2.16. The van der Waals surface area contributed by atoms with Crippen molar-refractivity contribution in [1.82, 2.24) is 15.5 Å². The maximum atomic E-state index is 14.2. The molecule has 0 radical (unpaired) electrons. The van der Waals surface area contributed by atoms with Gasteiger partial charge in [0.2, 0.25) is 11.7 Å². The van der Waals surface area contributed by atoms with Crippen LogP contribution in [0.3, 0.4) is 0 Å². The molecule has 1 aromatic heterocycles. The van der Waals surface area contributed by atoms with Crippen LogP contribution in [0.1, 0.15) is 28.7 Å². The first-order chi connectivity index (χ1) is 13.0. The van der Waals surface area contributed by atoms with E-state index in [4.69, 9.17) is 9.26 Å². The van der Waals surface area contributed by atoms with E-state index < -0.39 is 17.5 Å². The number of halogens is 2. The van der Waals surface area contributed by atoms with Gasteiger partial charge >= 0.3 is 0 Å². The van der Waals surface area contributed by atoms with Crippen LogP contribution in [-0.2, 0) is 6.61 Å². The topological polar surface area (TPSA) is 77.2 Å². The zero-order valence-electron chi connectivity index (χ0n) is 14.8. The number of ether oxygens (including phenoxy) is 1. The third-order valence-electron chi connectivity index (χ3n) is 3.73. The maximum absolute atomic E-state index is 14.2. The predicted molar refractivity (Wildman–Crippen MR) is 93.2 cm³/mol. The van der Waals surface area contributed by atoms with Crippen molar-refractivity contribution >= 4 is 5.91 Å². The van der Waals surface area contributed by atoms with Gasteiger partial charge in [-0.15, -0.1) is 0 Å². The molecule has 1 heterocycles. The minimum Gasteiger partial charge on any atom is -0.489 e. The highest BCUT2D eigenvalue weighted by atomic mass is 19.1. The van der Waals surface area contributed by atoms with E-state index in [9.17, 15) is 13.6 Å². The number of aryl methyl sites for hydroxylation is 1. The molecule has 1 amide bonds. The lowest BCUT2D eigenvalue weighted by atomic mass is 10.1. The van der Waals surface area contributed by atoms with Gasteiger partial charge in [0, 0.05) is 24.6 Å². The van der Waals surface area contributed by atoms with E-state index in [1.54, 1.807) is 38.1 Å². The van der Waals surface area contributed by atoms with Crippen LogP contribution in [0.2, 0.25) is 0 Å². The lowest BCUT2D eigenvalue weighted by Gasteiger charge is -2.10. The minimum atomic E-state index is -0.808. The number of hydrogen-bond donors (Lipinski definition) is 1. The zero-order valence-corrected chi connectivity index (χ0v) is 14.8. The number of carbonyl (C=O) groups excluding carboxylic acids is 1. The Balaban J connectivity index is 1.75. The third-order valence-corrected chi connectivity index (χ3v) is 3.73. The number of rotatable bonds is 6. The van der Waals surface area contributed by atoms with Crippen LogP contribution in [0.15, 0.2) is 40.9 Å². The number of benzene rings is 2. The second kappa shape index (κ2) is 7.94. The van der Waals surface area contributed by atoms with Gasteiger partial charge in [0.1, 0.15) is 24.0 Å². The Hall–Kier alpha value is -3.29. The number of carbonyl (C=O) groups is 1. The SMILES string of the molecule is CCNC(=O)c1cc(F)c(COc2cccc(-c3noc(C)n3)c2)cc1F. The van der Waals surface area contributed by atoms with Crippen LogP contribution >= 0.6 is 0 Å². The van der Waals surface area contributed by atoms with Crippen LogP contribution < -0.4 is 10.1 Å². The first-order valence-electron chi connectivity index (χ1n) is 8.27. The summed E-state index contributed by atoms with van der Waals surface area (Å²) in [6.45, 7) is 3.49. The Morgan fingerprint density at radius 2 is 2.04 bits per heavy atom. The molecule has 2 aromatic carbocycles. The average molecular weight is 373 g/mol. The van der Waals surface area contributed by atoms with Crippen LogP contribution in [0, 0.1) is 18.6 Å². The summed E-state index contributed by atoms with van der Waals surface area (Å²) < 4.78 is 38.8. The fourth-order valence-corrected chi connectivity index (χ4v) is 2.43. The van der Waals surface area contributed by atoms with Crippen molar-refractivity contribution in [1.29, 1.82) is 0 Å². The zero-order chi connectivity index (χ0) is 19.4. The lowest BCUT2D eigenvalue weighted by Crippen LogP contribution is -2.24. The van der Waals surface area contributed by atoms with E-state index in [0.717, 1.165) is 12.1 Å². The summed E-state index contributed by atoms with van der Waals surface area (Å²) in [6.07, 6.45) is 0. The molecule has 0 bridgehead atoms. The molecule has 0 aliphatic heterocycles. The van der Waals surface area contributed by atoms with Gasteiger partial charge in [-0.1, -0.05) is 17.3 Å². The summed E-state index contributed by atoms with van der Waals surface area (Å²) in [5, 5.41) is 6.26. The van der Waals surface area contributed by atoms with E-state index in [1.807, 2.05) is 0 Å². The first-order valence-corrected chi connectivity index (χ1v) is 8.27. The Labute approximate surface area is 154 Å². The maximum Gasteiger partial charge on any atom is 0.254 e. The molecule has 140 valence electrons. The van der Waals surface area contributed by atoms with Crippen molar-refractivity contribution < 1.29 is 22.8 Å². The number of nitrogens with one attached hydrogen (secondary N) is 1. The molecule has 3 rings (SSSR count). The van der Waals surface area contributed by atoms with Crippen molar-refractivity contribution in [3.8, 4) is 17.1 Å². The Bertz CT molecular complexity index is 973. The van der Waals surface area contributed by atoms with Gasteiger partial charge in [-0.3, -0.25) is 4.79 Å². The van der Waals surface area contributed by atoms with Gasteiger partial charge in [0.05, 0.1) is 5.56 Å². The van der Waals surface area contributed by atoms with Gasteiger partial charge in [0.15, 0.2) is 0 Å². The lowest BCUT2D eigenvalue weighted by molar-refractivity contribution is 0.0951. The fraction of sp³-hybridized carbons (Fsp3) is 0.211. The summed E-state index contributed by atoms with van der Waals surface area (Å²) in [7, 11) is 0. The molecular weight excluding hydrogens is 356 g/mol. The van der Waals surface area contributed by atoms with Crippen LogP contribution in [0.4, 0.5) is 8.78 Å². The van der Waals surface area contributed by atoms with Gasteiger partial charge in [-0.25, -0.2) is 8.78 Å². The van der Waals surface area contributed by atoms with Crippen LogP contribution in [0.5, 0.6) is 5.75 Å². The third kappa shape index (κ3) is 4.28. The minimum absolute atomic E-state index is 0.00126. The molecule has 0 atom stereocenters. The summed E-state index contributed by atoms with van der Waals surface area (Å²) in [4.78, 5) is 15.8. The standard InChI is InChI=1S/C19H17F2N3O3/c1-3-22-19(25)15-9-16(20)13(8-17(15)21)10-26-14-6-4-5-12(7-14)18-23-11(2)27-24-18/h4-9H,3,10H2,1-2H3,(H,22,25). The summed E-state index contributed by atoms with van der Waals surface area (Å²) in [5.74, 6) is -0.922. The van der Waals surface area contributed by atoms with Gasteiger partial charge in [-0.2, -0.15) is 4.98 Å². The average Bonchev–Trinajstić information content (AvgIpc) is 3.09. The van der Waals surface area contributed by atoms with E-state index in [1.165, 1.54) is 0 Å². The predicted octanol–water partition coefficient (Wildman–Crippen LogP) is 3.65. The van der Waals surface area contributed by atoms with E-state index in [-0.39, 0.29) is 17.7 Å². The van der Waals surface area contributed by atoms with E-state index in [2.05, 4.69) is 15.5 Å². The quantitative estimate of drug-likeness (QED) is 0.714. The molecule has 3 aromatic rings. The first kappa shape index (κ1) is 18.5. The molecular formula is C19H17F2N3O3. The fourth-order valence-electron chi connectivity index (χ4n) is 2.43. The number of nitrogens with zero attached hydrogens (tertiary/aromatic N) is 2. The number of hydrogen-bond acceptors (Lipinski definition) is 5. The molecule has 8 heteroatoms. The summed E-state index contributed by atoms with van der Waals surface area (Å²) >= 11 is 0. The normalized spacial score (nSPS) is 10.7. The molecule has 27 heavy (non-hydrogen) atoms. The molecule has 0 saturated carbocycles. The van der Waals surface area contributed by atoms with E-state index >= 15 is 0 Å². The van der Waals surface area contributed by atoms with Gasteiger partial charge < -0.3 is 14.6 Å². The van der Waals surface area contributed by atoms with Gasteiger partial charge in [0.25, 0.3) is 5.91 Å². The van der Waals surface area contributed by atoms with Crippen LogP contribution in [0.25, 0.3) is 11.4 Å². The smallest absolute Gasteiger partial charge is 0.254 e. The highest BCUT2D eigenvalue weighted by molar-refractivity contribution is 5.94. The number of amides is 1. The van der Waals surface area contributed by atoms with Crippen molar-refractivity contribution in [2.75, 3.05) is 6.54 Å². The molecule has 1 N–H and O–H groups in total. The monoisotopic (exact) mass is 373 g/mol. The molecule has 0 aliphatic rings. The second-order valence-electron chi connectivity index (χ2n) is 5.74. The van der Waals surface area contributed by atoms with Crippen molar-refractivity contribution in [2.45, 2.75) is 20.5 Å². The Morgan fingerprint density at radius 3 is 2.74 bits per heavy atom. The van der Waals surface area contributed by atoms with Crippen molar-refractivity contribution in [2.24, 2.45) is 0 Å². The molecule has 0 spiro atoms.